The molecular formula is C12H25N3O3. The normalized spacial score (nSPS) is 14.3. The summed E-state index contributed by atoms with van der Waals surface area (Å²) in [6.45, 7) is 8.32. The predicted molar refractivity (Wildman–Crippen MR) is 70.4 cm³/mol. The summed E-state index contributed by atoms with van der Waals surface area (Å²) in [5.74, 6) is -0.716. The molecule has 106 valence electrons. The van der Waals surface area contributed by atoms with Gasteiger partial charge in [-0.2, -0.15) is 0 Å². The fraction of sp³-hybridized carbons (Fsp3) is 0.833. The van der Waals surface area contributed by atoms with E-state index >= 15 is 0 Å². The maximum absolute atomic E-state index is 10.3. The van der Waals surface area contributed by atoms with Gasteiger partial charge in [-0.1, -0.05) is 13.8 Å². The van der Waals surface area contributed by atoms with Gasteiger partial charge >= 0.3 is 12.0 Å². The number of hydrogen-bond donors (Lipinski definition) is 2. The lowest BCUT2D eigenvalue weighted by Gasteiger charge is -2.15. The summed E-state index contributed by atoms with van der Waals surface area (Å²) in [6, 6.07) is -0.275. The highest BCUT2D eigenvalue weighted by molar-refractivity contribution is 5.72. The van der Waals surface area contributed by atoms with Crippen LogP contribution in [-0.2, 0) is 4.79 Å². The first-order chi connectivity index (χ1) is 8.51. The summed E-state index contributed by atoms with van der Waals surface area (Å²) < 4.78 is 0. The minimum Gasteiger partial charge on any atom is -0.481 e. The summed E-state index contributed by atoms with van der Waals surface area (Å²) in [5, 5.41) is 8.33. The third-order valence-electron chi connectivity index (χ3n) is 2.95. The van der Waals surface area contributed by atoms with Gasteiger partial charge in [0, 0.05) is 19.6 Å². The topological polar surface area (TPSA) is 86.9 Å². The Morgan fingerprint density at radius 1 is 1.22 bits per heavy atom. The Balaban J connectivity index is 0.000000327. The largest absolute Gasteiger partial charge is 0.481 e. The number of aliphatic carboxylic acids is 1. The molecule has 0 spiro atoms. The summed E-state index contributed by atoms with van der Waals surface area (Å²) in [5.41, 5.74) is 4.98. The van der Waals surface area contributed by atoms with Crippen molar-refractivity contribution < 1.29 is 14.7 Å². The van der Waals surface area contributed by atoms with Crippen molar-refractivity contribution in [2.45, 2.75) is 33.1 Å². The average molecular weight is 259 g/mol. The zero-order valence-electron chi connectivity index (χ0n) is 11.4. The van der Waals surface area contributed by atoms with Gasteiger partial charge in [0.2, 0.25) is 0 Å². The van der Waals surface area contributed by atoms with E-state index in [1.165, 1.54) is 0 Å². The lowest BCUT2D eigenvalue weighted by Crippen LogP contribution is -2.32. The maximum Gasteiger partial charge on any atom is 0.314 e. The number of carbonyl (C=O) groups is 2. The van der Waals surface area contributed by atoms with Gasteiger partial charge in [-0.05, 0) is 25.9 Å². The van der Waals surface area contributed by atoms with Crippen molar-refractivity contribution in [3.63, 3.8) is 0 Å². The molecule has 1 rings (SSSR count). The molecule has 0 radical (unpaired) electrons. The minimum atomic E-state index is -0.716. The van der Waals surface area contributed by atoms with Crippen LogP contribution < -0.4 is 5.73 Å². The quantitative estimate of drug-likeness (QED) is 0.770. The van der Waals surface area contributed by atoms with Gasteiger partial charge in [0.15, 0.2) is 0 Å². The van der Waals surface area contributed by atoms with Crippen LogP contribution in [0.3, 0.4) is 0 Å². The van der Waals surface area contributed by atoms with Crippen LogP contribution in [0.15, 0.2) is 0 Å². The van der Waals surface area contributed by atoms with E-state index in [1.54, 1.807) is 4.90 Å². The number of nitrogens with zero attached hydrogens (tertiary/aromatic N) is 2. The van der Waals surface area contributed by atoms with Crippen LogP contribution in [0.5, 0.6) is 0 Å². The monoisotopic (exact) mass is 259 g/mol. The second kappa shape index (κ2) is 9.70. The van der Waals surface area contributed by atoms with Gasteiger partial charge in [-0.25, -0.2) is 4.79 Å². The third-order valence-corrected chi connectivity index (χ3v) is 2.95. The van der Waals surface area contributed by atoms with Gasteiger partial charge in [0.25, 0.3) is 0 Å². The van der Waals surface area contributed by atoms with Crippen LogP contribution in [0.2, 0.25) is 0 Å². The van der Waals surface area contributed by atoms with Crippen LogP contribution in [0.4, 0.5) is 4.79 Å². The van der Waals surface area contributed by atoms with Crippen molar-refractivity contribution in [1.29, 1.82) is 0 Å². The fourth-order valence-corrected chi connectivity index (χ4v) is 1.73. The SMILES string of the molecule is CCN(CC)CCC(=O)O.NC(=O)N1CCCC1. The van der Waals surface area contributed by atoms with E-state index in [1.807, 2.05) is 13.8 Å². The van der Waals surface area contributed by atoms with Crippen molar-refractivity contribution in [1.82, 2.24) is 9.80 Å². The van der Waals surface area contributed by atoms with E-state index in [4.69, 9.17) is 10.8 Å². The van der Waals surface area contributed by atoms with Crippen LogP contribution in [-0.4, -0.2) is 59.6 Å². The Kier molecular flexibility index (Phi) is 9.00. The fourth-order valence-electron chi connectivity index (χ4n) is 1.73. The molecule has 0 aromatic carbocycles. The highest BCUT2D eigenvalue weighted by Gasteiger charge is 2.13. The standard InChI is InChI=1S/C7H15NO2.C5H10N2O/c1-3-8(4-2)6-5-7(9)10;6-5(8)7-3-1-2-4-7/h3-6H2,1-2H3,(H,9,10);1-4H2,(H2,6,8). The van der Waals surface area contributed by atoms with Crippen LogP contribution in [0, 0.1) is 0 Å². The molecule has 6 heteroatoms. The van der Waals surface area contributed by atoms with E-state index in [0.717, 1.165) is 39.0 Å². The van der Waals surface area contributed by atoms with E-state index < -0.39 is 5.97 Å². The van der Waals surface area contributed by atoms with E-state index in [0.29, 0.717) is 6.54 Å². The highest BCUT2D eigenvalue weighted by atomic mass is 16.4. The Labute approximate surface area is 109 Å². The number of hydrogen-bond acceptors (Lipinski definition) is 3. The van der Waals surface area contributed by atoms with E-state index in [9.17, 15) is 9.59 Å². The van der Waals surface area contributed by atoms with Gasteiger partial charge in [-0.3, -0.25) is 4.79 Å². The molecule has 18 heavy (non-hydrogen) atoms. The van der Waals surface area contributed by atoms with Crippen molar-refractivity contribution in [2.75, 3.05) is 32.7 Å². The lowest BCUT2D eigenvalue weighted by atomic mass is 10.4. The van der Waals surface area contributed by atoms with Gasteiger partial charge < -0.3 is 20.6 Å². The smallest absolute Gasteiger partial charge is 0.314 e. The molecule has 1 heterocycles. The first kappa shape index (κ1) is 16.7. The Morgan fingerprint density at radius 3 is 2.00 bits per heavy atom. The van der Waals surface area contributed by atoms with Crippen molar-refractivity contribution in [3.8, 4) is 0 Å². The second-order valence-corrected chi connectivity index (χ2v) is 4.20. The van der Waals surface area contributed by atoms with Gasteiger partial charge in [0.1, 0.15) is 0 Å². The molecule has 1 aliphatic heterocycles. The molecule has 0 saturated carbocycles. The number of carbonyl (C=O) groups excluding carboxylic acids is 1. The third kappa shape index (κ3) is 7.89. The first-order valence-corrected chi connectivity index (χ1v) is 6.49. The lowest BCUT2D eigenvalue weighted by molar-refractivity contribution is -0.137. The van der Waals surface area contributed by atoms with Crippen LogP contribution in [0.25, 0.3) is 0 Å². The molecule has 0 bridgehead atoms. The number of urea groups is 1. The highest BCUT2D eigenvalue weighted by Crippen LogP contribution is 2.05. The summed E-state index contributed by atoms with van der Waals surface area (Å²) >= 11 is 0. The van der Waals surface area contributed by atoms with Crippen LogP contribution >= 0.6 is 0 Å². The molecule has 2 amide bonds. The van der Waals surface area contributed by atoms with Gasteiger partial charge in [-0.15, -0.1) is 0 Å². The van der Waals surface area contributed by atoms with E-state index in [2.05, 4.69) is 4.90 Å². The summed E-state index contributed by atoms with van der Waals surface area (Å²) in [4.78, 5) is 24.2. The molecule has 0 aliphatic carbocycles. The molecule has 3 N–H and O–H groups in total. The molecule has 0 unspecified atom stereocenters. The number of likely N-dealkylation sites (tertiary alicyclic amines) is 1. The number of rotatable bonds is 5. The van der Waals surface area contributed by atoms with Crippen molar-refractivity contribution in [2.24, 2.45) is 5.73 Å². The Hall–Kier alpha value is -1.30. The van der Waals surface area contributed by atoms with Crippen LogP contribution in [0.1, 0.15) is 33.1 Å². The van der Waals surface area contributed by atoms with Gasteiger partial charge in [0.05, 0.1) is 6.42 Å². The Bertz CT molecular complexity index is 249. The zero-order chi connectivity index (χ0) is 14.0. The average Bonchev–Trinajstić information content (AvgIpc) is 2.84. The second-order valence-electron chi connectivity index (χ2n) is 4.20. The summed E-state index contributed by atoms with van der Waals surface area (Å²) in [6.07, 6.45) is 2.48. The van der Waals surface area contributed by atoms with Crippen molar-refractivity contribution >= 4 is 12.0 Å². The van der Waals surface area contributed by atoms with E-state index in [-0.39, 0.29) is 12.5 Å². The number of primary amides is 1. The minimum absolute atomic E-state index is 0.252. The molecule has 1 fully saturated rings. The Morgan fingerprint density at radius 2 is 1.72 bits per heavy atom. The molecule has 0 aromatic heterocycles. The number of amides is 2. The molecule has 6 nitrogen and oxygen atoms in total. The number of carboxylic acids is 1. The molecular weight excluding hydrogens is 234 g/mol. The van der Waals surface area contributed by atoms with Crippen molar-refractivity contribution in [3.05, 3.63) is 0 Å². The summed E-state index contributed by atoms with van der Waals surface area (Å²) in [7, 11) is 0. The number of nitrogens with two attached hydrogens (primary N) is 1. The molecule has 0 aromatic rings. The molecule has 1 aliphatic rings. The first-order valence-electron chi connectivity index (χ1n) is 6.49. The molecule has 0 atom stereocenters. The molecule has 1 saturated heterocycles. The predicted octanol–water partition coefficient (Wildman–Crippen LogP) is 0.964. The number of carboxylic acid groups (broad SMARTS) is 1. The zero-order valence-corrected chi connectivity index (χ0v) is 11.4. The maximum atomic E-state index is 10.3.